The van der Waals surface area contributed by atoms with E-state index in [0.717, 1.165) is 36.8 Å². The van der Waals surface area contributed by atoms with Crippen LogP contribution in [0, 0.1) is 11.6 Å². The van der Waals surface area contributed by atoms with Crippen molar-refractivity contribution in [2.75, 3.05) is 0 Å². The van der Waals surface area contributed by atoms with Crippen LogP contribution < -0.4 is 0 Å². The zero-order valence-corrected chi connectivity index (χ0v) is 18.7. The number of halogens is 2. The number of amides is 2. The summed E-state index contributed by atoms with van der Waals surface area (Å²) in [4.78, 5) is 34.6. The Hall–Kier alpha value is -3.61. The number of rotatable bonds is 8. The highest BCUT2D eigenvalue weighted by atomic mass is 19.1. The van der Waals surface area contributed by atoms with Gasteiger partial charge in [0.1, 0.15) is 23.0 Å². The molecule has 2 aliphatic rings. The largest absolute Gasteiger partial charge is 0.330 e. The smallest absolute Gasteiger partial charge is 0.273 e. The minimum atomic E-state index is -0.318. The van der Waals surface area contributed by atoms with Crippen molar-refractivity contribution in [3.05, 3.63) is 101 Å². The Morgan fingerprint density at radius 2 is 1.06 bits per heavy atom. The van der Waals surface area contributed by atoms with E-state index in [1.807, 2.05) is 0 Å². The quantitative estimate of drug-likeness (QED) is 0.476. The zero-order chi connectivity index (χ0) is 23.7. The van der Waals surface area contributed by atoms with Gasteiger partial charge in [0, 0.05) is 25.2 Å². The Morgan fingerprint density at radius 1 is 0.676 bits per heavy atom. The summed E-state index contributed by atoms with van der Waals surface area (Å²) in [5.74, 6) is -1.11. The third kappa shape index (κ3) is 5.14. The van der Waals surface area contributed by atoms with E-state index >= 15 is 0 Å². The number of aromatic nitrogens is 1. The van der Waals surface area contributed by atoms with E-state index < -0.39 is 0 Å². The van der Waals surface area contributed by atoms with E-state index in [4.69, 9.17) is 0 Å². The number of hydrogen-bond donors (Lipinski definition) is 0. The van der Waals surface area contributed by atoms with Crippen molar-refractivity contribution in [2.24, 2.45) is 0 Å². The summed E-state index contributed by atoms with van der Waals surface area (Å²) in [6.45, 7) is 0.727. The first-order valence-electron chi connectivity index (χ1n) is 11.6. The zero-order valence-electron chi connectivity index (χ0n) is 18.7. The van der Waals surface area contributed by atoms with Crippen LogP contribution in [0.4, 0.5) is 8.78 Å². The van der Waals surface area contributed by atoms with E-state index in [2.05, 4.69) is 4.98 Å². The SMILES string of the molecule is O=C(c1cccc(C(=O)N(Cc2ccc(F)cc2)C2CC2)n1)N(Cc1ccc(F)cc1)C1CC1. The first kappa shape index (κ1) is 22.2. The predicted octanol–water partition coefficient (Wildman–Crippen LogP) is 4.97. The third-order valence-corrected chi connectivity index (χ3v) is 6.22. The Labute approximate surface area is 197 Å². The summed E-state index contributed by atoms with van der Waals surface area (Å²) in [6.07, 6.45) is 3.66. The van der Waals surface area contributed by atoms with Gasteiger partial charge in [-0.3, -0.25) is 9.59 Å². The molecule has 2 aliphatic carbocycles. The van der Waals surface area contributed by atoms with Crippen LogP contribution in [-0.4, -0.2) is 38.7 Å². The molecule has 2 saturated carbocycles. The van der Waals surface area contributed by atoms with Crippen LogP contribution in [0.1, 0.15) is 57.8 Å². The molecular formula is C27H25F2N3O2. The summed E-state index contributed by atoms with van der Waals surface area (Å²) in [5.41, 5.74) is 2.12. The first-order chi connectivity index (χ1) is 16.5. The number of carbonyl (C=O) groups excluding carboxylic acids is 2. The van der Waals surface area contributed by atoms with Crippen LogP contribution in [0.25, 0.3) is 0 Å². The highest BCUT2D eigenvalue weighted by Crippen LogP contribution is 2.31. The van der Waals surface area contributed by atoms with Crippen molar-refractivity contribution in [2.45, 2.75) is 50.9 Å². The summed E-state index contributed by atoms with van der Waals surface area (Å²) in [5, 5.41) is 0. The molecule has 0 aliphatic heterocycles. The van der Waals surface area contributed by atoms with Crippen molar-refractivity contribution in [3.8, 4) is 0 Å². The standard InChI is InChI=1S/C27H25F2N3O2/c28-20-8-4-18(5-9-20)16-31(22-12-13-22)26(33)24-2-1-3-25(30-24)27(34)32(23-14-15-23)17-19-6-10-21(29)11-7-19/h1-11,22-23H,12-17H2. The Morgan fingerprint density at radius 3 is 1.41 bits per heavy atom. The van der Waals surface area contributed by atoms with Gasteiger partial charge in [0.25, 0.3) is 11.8 Å². The monoisotopic (exact) mass is 461 g/mol. The molecule has 5 rings (SSSR count). The molecule has 0 spiro atoms. The molecule has 174 valence electrons. The average molecular weight is 462 g/mol. The second-order valence-electron chi connectivity index (χ2n) is 8.99. The fourth-order valence-corrected chi connectivity index (χ4v) is 4.05. The molecule has 3 aromatic rings. The summed E-state index contributed by atoms with van der Waals surface area (Å²) >= 11 is 0. The van der Waals surface area contributed by atoms with Crippen LogP contribution in [0.5, 0.6) is 0 Å². The molecule has 0 N–H and O–H groups in total. The molecule has 1 aromatic heterocycles. The van der Waals surface area contributed by atoms with Crippen molar-refractivity contribution in [3.63, 3.8) is 0 Å². The molecule has 0 saturated heterocycles. The number of benzene rings is 2. The van der Waals surface area contributed by atoms with E-state index in [9.17, 15) is 18.4 Å². The topological polar surface area (TPSA) is 53.5 Å². The molecule has 2 aromatic carbocycles. The third-order valence-electron chi connectivity index (χ3n) is 6.22. The van der Waals surface area contributed by atoms with E-state index in [-0.39, 0.29) is 46.9 Å². The molecule has 1 heterocycles. The highest BCUT2D eigenvalue weighted by molar-refractivity contribution is 5.96. The summed E-state index contributed by atoms with van der Waals surface area (Å²) in [6, 6.07) is 17.4. The molecule has 2 amide bonds. The lowest BCUT2D eigenvalue weighted by molar-refractivity contribution is 0.0716. The normalized spacial score (nSPS) is 15.1. The van der Waals surface area contributed by atoms with Crippen LogP contribution in [0.15, 0.2) is 66.7 Å². The van der Waals surface area contributed by atoms with Crippen molar-refractivity contribution >= 4 is 11.8 Å². The maximum absolute atomic E-state index is 13.3. The lowest BCUT2D eigenvalue weighted by atomic mass is 10.1. The summed E-state index contributed by atoms with van der Waals surface area (Å²) in [7, 11) is 0. The number of carbonyl (C=O) groups is 2. The van der Waals surface area contributed by atoms with E-state index in [0.29, 0.717) is 13.1 Å². The number of nitrogens with zero attached hydrogens (tertiary/aromatic N) is 3. The highest BCUT2D eigenvalue weighted by Gasteiger charge is 2.36. The van der Waals surface area contributed by atoms with Gasteiger partial charge in [0.15, 0.2) is 0 Å². The molecule has 0 unspecified atom stereocenters. The predicted molar refractivity (Wildman–Crippen MR) is 123 cm³/mol. The first-order valence-corrected chi connectivity index (χ1v) is 11.6. The number of pyridine rings is 1. The fourth-order valence-electron chi connectivity index (χ4n) is 4.05. The molecule has 0 atom stereocenters. The molecular weight excluding hydrogens is 436 g/mol. The van der Waals surface area contributed by atoms with E-state index in [1.165, 1.54) is 24.3 Å². The second-order valence-corrected chi connectivity index (χ2v) is 8.99. The Bertz CT molecular complexity index is 1100. The maximum atomic E-state index is 13.3. The van der Waals surface area contributed by atoms with Gasteiger partial charge >= 0.3 is 0 Å². The van der Waals surface area contributed by atoms with Crippen LogP contribution in [-0.2, 0) is 13.1 Å². The van der Waals surface area contributed by atoms with Gasteiger partial charge in [0.2, 0.25) is 0 Å². The second kappa shape index (κ2) is 9.33. The van der Waals surface area contributed by atoms with Gasteiger partial charge in [-0.1, -0.05) is 30.3 Å². The van der Waals surface area contributed by atoms with Crippen molar-refractivity contribution in [1.82, 2.24) is 14.8 Å². The van der Waals surface area contributed by atoms with Crippen LogP contribution in [0.3, 0.4) is 0 Å². The van der Waals surface area contributed by atoms with Gasteiger partial charge in [-0.25, -0.2) is 13.8 Å². The number of hydrogen-bond acceptors (Lipinski definition) is 3. The van der Waals surface area contributed by atoms with Gasteiger partial charge in [0.05, 0.1) is 0 Å². The van der Waals surface area contributed by atoms with Crippen molar-refractivity contribution in [1.29, 1.82) is 0 Å². The lowest BCUT2D eigenvalue weighted by Gasteiger charge is -2.24. The minimum absolute atomic E-state index is 0.125. The van der Waals surface area contributed by atoms with Crippen LogP contribution >= 0.6 is 0 Å². The van der Waals surface area contributed by atoms with Gasteiger partial charge in [-0.2, -0.15) is 0 Å². The van der Waals surface area contributed by atoms with E-state index in [1.54, 1.807) is 52.3 Å². The molecule has 5 nitrogen and oxygen atoms in total. The minimum Gasteiger partial charge on any atom is -0.330 e. The molecule has 2 fully saturated rings. The van der Waals surface area contributed by atoms with Crippen molar-refractivity contribution < 1.29 is 18.4 Å². The lowest BCUT2D eigenvalue weighted by Crippen LogP contribution is -2.35. The Kier molecular flexibility index (Phi) is 6.09. The fraction of sp³-hybridized carbons (Fsp3) is 0.296. The molecule has 0 radical (unpaired) electrons. The maximum Gasteiger partial charge on any atom is 0.273 e. The Balaban J connectivity index is 1.35. The summed E-state index contributed by atoms with van der Waals surface area (Å²) < 4.78 is 26.6. The van der Waals surface area contributed by atoms with Crippen LogP contribution in [0.2, 0.25) is 0 Å². The van der Waals surface area contributed by atoms with Gasteiger partial charge in [-0.05, 0) is 73.2 Å². The van der Waals surface area contributed by atoms with Gasteiger partial charge < -0.3 is 9.80 Å². The molecule has 34 heavy (non-hydrogen) atoms. The molecule has 0 bridgehead atoms. The van der Waals surface area contributed by atoms with Gasteiger partial charge in [-0.15, -0.1) is 0 Å². The average Bonchev–Trinajstić information content (AvgIpc) is 3.76. The molecule has 7 heteroatoms.